The largest absolute Gasteiger partial charge is 0.353 e. The SMILES string of the molecule is CCCn1c(SCC(=O)c2cc([N+](=O)[O-])c[nH]2)n[nH]c1=O. The summed E-state index contributed by atoms with van der Waals surface area (Å²) in [4.78, 5) is 36.0. The van der Waals surface area contributed by atoms with Crippen LogP contribution >= 0.6 is 11.8 Å². The van der Waals surface area contributed by atoms with E-state index in [1.165, 1.54) is 16.8 Å². The molecule has 0 unspecified atom stereocenters. The molecule has 0 radical (unpaired) electrons. The molecular weight excluding hydrogens is 298 g/mol. The highest BCUT2D eigenvalue weighted by Gasteiger charge is 2.16. The molecule has 10 heteroatoms. The van der Waals surface area contributed by atoms with Crippen molar-refractivity contribution in [3.05, 3.63) is 38.6 Å². The second-order valence-electron chi connectivity index (χ2n) is 4.20. The van der Waals surface area contributed by atoms with Crippen molar-refractivity contribution >= 4 is 23.2 Å². The van der Waals surface area contributed by atoms with Crippen LogP contribution in [-0.4, -0.2) is 36.2 Å². The quantitative estimate of drug-likeness (QED) is 0.342. The van der Waals surface area contributed by atoms with Crippen molar-refractivity contribution in [3.63, 3.8) is 0 Å². The number of rotatable bonds is 7. The van der Waals surface area contributed by atoms with Gasteiger partial charge in [0.15, 0.2) is 10.9 Å². The molecule has 0 aliphatic carbocycles. The summed E-state index contributed by atoms with van der Waals surface area (Å²) in [6.45, 7) is 2.44. The Morgan fingerprint density at radius 3 is 2.95 bits per heavy atom. The summed E-state index contributed by atoms with van der Waals surface area (Å²) >= 11 is 1.11. The Hall–Kier alpha value is -2.36. The number of Topliss-reactive ketones (excluding diaryl/α,β-unsaturated/α-hetero) is 1. The monoisotopic (exact) mass is 311 g/mol. The van der Waals surface area contributed by atoms with E-state index in [0.717, 1.165) is 18.2 Å². The van der Waals surface area contributed by atoms with Gasteiger partial charge in [-0.3, -0.25) is 19.5 Å². The second kappa shape index (κ2) is 6.39. The van der Waals surface area contributed by atoms with Crippen molar-refractivity contribution in [1.29, 1.82) is 0 Å². The lowest BCUT2D eigenvalue weighted by Gasteiger charge is -2.02. The summed E-state index contributed by atoms with van der Waals surface area (Å²) in [5.41, 5.74) is -0.317. The van der Waals surface area contributed by atoms with Crippen LogP contribution in [0.25, 0.3) is 0 Å². The van der Waals surface area contributed by atoms with Crippen LogP contribution in [0.3, 0.4) is 0 Å². The highest BCUT2D eigenvalue weighted by Crippen LogP contribution is 2.18. The van der Waals surface area contributed by atoms with E-state index in [4.69, 9.17) is 0 Å². The number of thioether (sulfide) groups is 1. The molecule has 2 heterocycles. The third-order valence-electron chi connectivity index (χ3n) is 2.68. The fourth-order valence-corrected chi connectivity index (χ4v) is 2.55. The van der Waals surface area contributed by atoms with Gasteiger partial charge in [-0.1, -0.05) is 18.7 Å². The van der Waals surface area contributed by atoms with E-state index in [2.05, 4.69) is 15.2 Å². The lowest BCUT2D eigenvalue weighted by molar-refractivity contribution is -0.384. The van der Waals surface area contributed by atoms with Crippen molar-refractivity contribution in [2.45, 2.75) is 25.0 Å². The van der Waals surface area contributed by atoms with Gasteiger partial charge in [0.1, 0.15) is 0 Å². The van der Waals surface area contributed by atoms with Gasteiger partial charge in [0.05, 0.1) is 22.6 Å². The number of H-pyrrole nitrogens is 2. The van der Waals surface area contributed by atoms with E-state index in [1.54, 1.807) is 0 Å². The molecule has 2 N–H and O–H groups in total. The Kier molecular flexibility index (Phi) is 4.58. The van der Waals surface area contributed by atoms with E-state index in [-0.39, 0.29) is 28.6 Å². The van der Waals surface area contributed by atoms with Gasteiger partial charge in [-0.15, -0.1) is 5.10 Å². The molecule has 9 nitrogen and oxygen atoms in total. The molecule has 2 aromatic heterocycles. The molecule has 0 atom stereocenters. The molecule has 0 saturated carbocycles. The summed E-state index contributed by atoms with van der Waals surface area (Å²) in [7, 11) is 0. The average Bonchev–Trinajstić information content (AvgIpc) is 3.06. The van der Waals surface area contributed by atoms with Gasteiger partial charge >= 0.3 is 5.69 Å². The minimum Gasteiger partial charge on any atom is -0.353 e. The van der Waals surface area contributed by atoms with Crippen molar-refractivity contribution in [2.75, 3.05) is 5.75 Å². The zero-order valence-corrected chi connectivity index (χ0v) is 12.0. The first-order valence-corrected chi connectivity index (χ1v) is 7.15. The highest BCUT2D eigenvalue weighted by molar-refractivity contribution is 7.99. The van der Waals surface area contributed by atoms with E-state index in [9.17, 15) is 19.7 Å². The van der Waals surface area contributed by atoms with Crippen LogP contribution in [0.5, 0.6) is 0 Å². The number of hydrogen-bond donors (Lipinski definition) is 2. The van der Waals surface area contributed by atoms with Crippen LogP contribution in [0.2, 0.25) is 0 Å². The maximum absolute atomic E-state index is 11.9. The number of hydrogen-bond acceptors (Lipinski definition) is 6. The summed E-state index contributed by atoms with van der Waals surface area (Å²) in [6.07, 6.45) is 1.93. The fraction of sp³-hybridized carbons (Fsp3) is 0.364. The van der Waals surface area contributed by atoms with Crippen molar-refractivity contribution in [3.8, 4) is 0 Å². The predicted octanol–water partition coefficient (Wildman–Crippen LogP) is 1.19. The number of nitrogens with one attached hydrogen (secondary N) is 2. The van der Waals surface area contributed by atoms with Crippen LogP contribution < -0.4 is 5.69 Å². The number of carbonyl (C=O) groups is 1. The number of aromatic nitrogens is 4. The zero-order chi connectivity index (χ0) is 15.4. The first-order valence-electron chi connectivity index (χ1n) is 6.17. The molecule has 0 aromatic carbocycles. The molecule has 0 spiro atoms. The molecule has 2 rings (SSSR count). The maximum Gasteiger partial charge on any atom is 0.343 e. The van der Waals surface area contributed by atoms with Gasteiger partial charge in [-0.05, 0) is 6.42 Å². The predicted molar refractivity (Wildman–Crippen MR) is 75.6 cm³/mol. The number of ketones is 1. The minimum atomic E-state index is -0.576. The van der Waals surface area contributed by atoms with Gasteiger partial charge in [0.25, 0.3) is 5.69 Å². The molecule has 0 aliphatic rings. The van der Waals surface area contributed by atoms with Crippen molar-refractivity contribution in [1.82, 2.24) is 19.7 Å². The van der Waals surface area contributed by atoms with Gasteiger partial charge < -0.3 is 4.98 Å². The zero-order valence-electron chi connectivity index (χ0n) is 11.2. The molecule has 0 fully saturated rings. The van der Waals surface area contributed by atoms with E-state index < -0.39 is 4.92 Å². The van der Waals surface area contributed by atoms with E-state index in [0.29, 0.717) is 11.7 Å². The standard InChI is InChI=1S/C11H13N5O4S/c1-2-3-15-10(18)13-14-11(15)21-6-9(17)8-4-7(5-12-8)16(19)20/h4-5,12H,2-3,6H2,1H3,(H,13,18). The summed E-state index contributed by atoms with van der Waals surface area (Å²) in [6, 6.07) is 1.19. The lowest BCUT2D eigenvalue weighted by Crippen LogP contribution is -2.17. The smallest absolute Gasteiger partial charge is 0.343 e. The number of carbonyl (C=O) groups excluding carboxylic acids is 1. The molecule has 112 valence electrons. The van der Waals surface area contributed by atoms with Crippen LogP contribution in [0.1, 0.15) is 23.8 Å². The average molecular weight is 311 g/mol. The number of nitro groups is 1. The molecule has 0 bridgehead atoms. The third-order valence-corrected chi connectivity index (χ3v) is 3.66. The minimum absolute atomic E-state index is 0.0334. The Bertz CT molecular complexity index is 716. The van der Waals surface area contributed by atoms with Crippen molar-refractivity contribution in [2.24, 2.45) is 0 Å². The maximum atomic E-state index is 11.9. The Morgan fingerprint density at radius 2 is 2.33 bits per heavy atom. The van der Waals surface area contributed by atoms with Crippen LogP contribution in [0.15, 0.2) is 22.2 Å². The second-order valence-corrected chi connectivity index (χ2v) is 5.15. The fourth-order valence-electron chi connectivity index (χ4n) is 1.69. The van der Waals surface area contributed by atoms with Crippen molar-refractivity contribution < 1.29 is 9.72 Å². The summed E-state index contributed by atoms with van der Waals surface area (Å²) < 4.78 is 1.45. The van der Waals surface area contributed by atoms with Gasteiger partial charge in [0.2, 0.25) is 0 Å². The summed E-state index contributed by atoms with van der Waals surface area (Å²) in [5, 5.41) is 17.2. The van der Waals surface area contributed by atoms with E-state index >= 15 is 0 Å². The molecular formula is C11H13N5O4S. The highest BCUT2D eigenvalue weighted by atomic mass is 32.2. The van der Waals surface area contributed by atoms with Crippen LogP contribution in [0, 0.1) is 10.1 Å². The van der Waals surface area contributed by atoms with Gasteiger partial charge in [-0.2, -0.15) is 0 Å². The first-order chi connectivity index (χ1) is 10.0. The van der Waals surface area contributed by atoms with Crippen LogP contribution in [-0.2, 0) is 6.54 Å². The Balaban J connectivity index is 2.03. The Morgan fingerprint density at radius 1 is 1.57 bits per heavy atom. The van der Waals surface area contributed by atoms with Gasteiger partial charge in [-0.25, -0.2) is 9.89 Å². The molecule has 0 amide bonds. The van der Waals surface area contributed by atoms with Gasteiger partial charge in [0, 0.05) is 12.6 Å². The number of nitrogens with zero attached hydrogens (tertiary/aromatic N) is 3. The lowest BCUT2D eigenvalue weighted by atomic mass is 10.3. The molecule has 2 aromatic rings. The third kappa shape index (κ3) is 3.40. The number of aromatic amines is 2. The first kappa shape index (κ1) is 15.0. The van der Waals surface area contributed by atoms with Crippen LogP contribution in [0.4, 0.5) is 5.69 Å². The van der Waals surface area contributed by atoms with E-state index in [1.807, 2.05) is 6.92 Å². The Labute approximate surface area is 122 Å². The molecule has 0 saturated heterocycles. The topological polar surface area (TPSA) is 127 Å². The molecule has 21 heavy (non-hydrogen) atoms. The normalized spacial score (nSPS) is 10.7. The molecule has 0 aliphatic heterocycles. The summed E-state index contributed by atoms with van der Waals surface area (Å²) in [5.74, 6) is -0.266.